The van der Waals surface area contributed by atoms with Crippen molar-refractivity contribution < 1.29 is 5.11 Å². The average molecular weight is 281 g/mol. The maximum atomic E-state index is 9.89. The van der Waals surface area contributed by atoms with E-state index in [2.05, 4.69) is 29.3 Å². The van der Waals surface area contributed by atoms with Crippen molar-refractivity contribution in [3.8, 4) is 11.4 Å². The van der Waals surface area contributed by atoms with E-state index in [1.807, 2.05) is 12.1 Å². The van der Waals surface area contributed by atoms with E-state index in [-0.39, 0.29) is 5.75 Å². The minimum Gasteiger partial charge on any atom is -0.506 e. The first kappa shape index (κ1) is 13.6. The quantitative estimate of drug-likeness (QED) is 0.722. The second-order valence-corrected chi connectivity index (χ2v) is 5.26. The topological polar surface area (TPSA) is 50.9 Å². The normalized spacial score (nSPS) is 11.1. The average Bonchev–Trinajstić information content (AvgIpc) is 2.91. The second-order valence-electron chi connectivity index (χ2n) is 5.26. The minimum absolute atomic E-state index is 0.181. The van der Waals surface area contributed by atoms with Gasteiger partial charge in [0.05, 0.1) is 0 Å². The van der Waals surface area contributed by atoms with Gasteiger partial charge in [0, 0.05) is 0 Å². The number of aromatic nitrogens is 3. The first-order valence-electron chi connectivity index (χ1n) is 7.42. The smallest absolute Gasteiger partial charge is 0.143 e. The van der Waals surface area contributed by atoms with Gasteiger partial charge in [-0.1, -0.05) is 38.0 Å². The van der Waals surface area contributed by atoms with Gasteiger partial charge in [0.25, 0.3) is 0 Å². The molecule has 0 saturated heterocycles. The van der Waals surface area contributed by atoms with Gasteiger partial charge < -0.3 is 5.11 Å². The van der Waals surface area contributed by atoms with Crippen LogP contribution in [0.3, 0.4) is 0 Å². The molecule has 0 fully saturated rings. The van der Waals surface area contributed by atoms with E-state index in [4.69, 9.17) is 0 Å². The van der Waals surface area contributed by atoms with Crippen LogP contribution in [-0.2, 0) is 6.42 Å². The lowest BCUT2D eigenvalue weighted by molar-refractivity contribution is 0.468. The zero-order chi connectivity index (χ0) is 14.7. The highest BCUT2D eigenvalue weighted by Crippen LogP contribution is 2.21. The minimum atomic E-state index is 0.181. The van der Waals surface area contributed by atoms with E-state index in [0.29, 0.717) is 5.69 Å². The standard InChI is InChI=1S/C17H19N3O/c1-2-3-4-7-13-10-11-14-15(12-13)19-20(18-14)16-8-5-6-9-17(16)21/h5-6,8-12,21H,2-4,7H2,1H3. The molecule has 0 aliphatic carbocycles. The van der Waals surface area contributed by atoms with Crippen LogP contribution < -0.4 is 0 Å². The number of phenolic OH excluding ortho intramolecular Hbond substituents is 1. The van der Waals surface area contributed by atoms with Crippen molar-refractivity contribution in [2.24, 2.45) is 0 Å². The first-order chi connectivity index (χ1) is 10.3. The molecule has 0 amide bonds. The lowest BCUT2D eigenvalue weighted by Crippen LogP contribution is -1.98. The van der Waals surface area contributed by atoms with Crippen LogP contribution in [0.2, 0.25) is 0 Å². The highest BCUT2D eigenvalue weighted by molar-refractivity contribution is 5.74. The van der Waals surface area contributed by atoms with E-state index < -0.39 is 0 Å². The molecule has 0 atom stereocenters. The number of benzene rings is 2. The van der Waals surface area contributed by atoms with Crippen LogP contribution in [0.15, 0.2) is 42.5 Å². The summed E-state index contributed by atoms with van der Waals surface area (Å²) >= 11 is 0. The summed E-state index contributed by atoms with van der Waals surface area (Å²) in [5.41, 5.74) is 3.60. The Labute approximate surface area is 124 Å². The van der Waals surface area contributed by atoms with Crippen LogP contribution in [-0.4, -0.2) is 20.1 Å². The molecule has 1 N–H and O–H groups in total. The maximum absolute atomic E-state index is 9.89. The zero-order valence-corrected chi connectivity index (χ0v) is 12.2. The summed E-state index contributed by atoms with van der Waals surface area (Å²) in [6, 6.07) is 13.3. The molecule has 4 nitrogen and oxygen atoms in total. The Morgan fingerprint density at radius 3 is 2.62 bits per heavy atom. The summed E-state index contributed by atoms with van der Waals surface area (Å²) in [7, 11) is 0. The van der Waals surface area contributed by atoms with Crippen LogP contribution in [0, 0.1) is 0 Å². The van der Waals surface area contributed by atoms with Gasteiger partial charge in [-0.3, -0.25) is 0 Å². The number of nitrogens with zero attached hydrogens (tertiary/aromatic N) is 3. The van der Waals surface area contributed by atoms with E-state index in [1.165, 1.54) is 29.6 Å². The van der Waals surface area contributed by atoms with Crippen LogP contribution in [0.1, 0.15) is 31.7 Å². The molecular formula is C17H19N3O. The molecule has 0 aliphatic heterocycles. The molecule has 21 heavy (non-hydrogen) atoms. The van der Waals surface area contributed by atoms with Crippen molar-refractivity contribution >= 4 is 11.0 Å². The van der Waals surface area contributed by atoms with Gasteiger partial charge in [-0.15, -0.1) is 15.0 Å². The Hall–Kier alpha value is -2.36. The third-order valence-electron chi connectivity index (χ3n) is 3.61. The molecule has 0 bridgehead atoms. The number of rotatable bonds is 5. The number of aryl methyl sites for hydroxylation is 1. The Morgan fingerprint density at radius 2 is 1.81 bits per heavy atom. The number of hydrogen-bond donors (Lipinski definition) is 1. The summed E-state index contributed by atoms with van der Waals surface area (Å²) in [5.74, 6) is 0.181. The van der Waals surface area contributed by atoms with E-state index >= 15 is 0 Å². The number of unbranched alkanes of at least 4 members (excludes halogenated alkanes) is 2. The molecular weight excluding hydrogens is 262 g/mol. The van der Waals surface area contributed by atoms with Crippen LogP contribution >= 0.6 is 0 Å². The Bertz CT molecular complexity index is 749. The molecule has 0 aliphatic rings. The van der Waals surface area contributed by atoms with Crippen LogP contribution in [0.4, 0.5) is 0 Å². The van der Waals surface area contributed by atoms with Crippen molar-refractivity contribution in [2.45, 2.75) is 32.6 Å². The lowest BCUT2D eigenvalue weighted by Gasteiger charge is -2.00. The Morgan fingerprint density at radius 1 is 1.00 bits per heavy atom. The highest BCUT2D eigenvalue weighted by atomic mass is 16.3. The van der Waals surface area contributed by atoms with Gasteiger partial charge in [0.2, 0.25) is 0 Å². The van der Waals surface area contributed by atoms with Crippen LogP contribution in [0.5, 0.6) is 5.75 Å². The number of aromatic hydroxyl groups is 1. The van der Waals surface area contributed by atoms with E-state index in [9.17, 15) is 5.11 Å². The fraction of sp³-hybridized carbons (Fsp3) is 0.294. The molecule has 108 valence electrons. The summed E-state index contributed by atoms with van der Waals surface area (Å²) in [4.78, 5) is 1.50. The number of fused-ring (bicyclic) bond motifs is 1. The first-order valence-corrected chi connectivity index (χ1v) is 7.42. The maximum Gasteiger partial charge on any atom is 0.143 e. The third-order valence-corrected chi connectivity index (χ3v) is 3.61. The fourth-order valence-corrected chi connectivity index (χ4v) is 2.44. The van der Waals surface area contributed by atoms with Gasteiger partial charge in [0.1, 0.15) is 22.5 Å². The van der Waals surface area contributed by atoms with E-state index in [1.54, 1.807) is 18.2 Å². The Balaban J connectivity index is 1.91. The van der Waals surface area contributed by atoms with E-state index in [0.717, 1.165) is 17.5 Å². The predicted octanol–water partition coefficient (Wildman–Crippen LogP) is 3.86. The van der Waals surface area contributed by atoms with Gasteiger partial charge in [-0.25, -0.2) is 0 Å². The molecule has 2 aromatic carbocycles. The van der Waals surface area contributed by atoms with Crippen molar-refractivity contribution in [1.29, 1.82) is 0 Å². The molecule has 0 spiro atoms. The highest BCUT2D eigenvalue weighted by Gasteiger charge is 2.08. The monoisotopic (exact) mass is 281 g/mol. The molecule has 4 heteroatoms. The summed E-state index contributed by atoms with van der Waals surface area (Å²) in [5, 5.41) is 18.8. The van der Waals surface area contributed by atoms with Crippen molar-refractivity contribution in [1.82, 2.24) is 15.0 Å². The zero-order valence-electron chi connectivity index (χ0n) is 12.2. The van der Waals surface area contributed by atoms with Crippen LogP contribution in [0.25, 0.3) is 16.7 Å². The van der Waals surface area contributed by atoms with Crippen molar-refractivity contribution in [3.63, 3.8) is 0 Å². The summed E-state index contributed by atoms with van der Waals surface area (Å²) in [6.07, 6.45) is 4.76. The predicted molar refractivity (Wildman–Crippen MR) is 83.8 cm³/mol. The lowest BCUT2D eigenvalue weighted by atomic mass is 10.1. The third kappa shape index (κ3) is 2.89. The van der Waals surface area contributed by atoms with Gasteiger partial charge in [0.15, 0.2) is 0 Å². The summed E-state index contributed by atoms with van der Waals surface area (Å²) < 4.78 is 0. The number of phenols is 1. The number of hydrogen-bond acceptors (Lipinski definition) is 3. The largest absolute Gasteiger partial charge is 0.506 e. The van der Waals surface area contributed by atoms with Crippen molar-refractivity contribution in [3.05, 3.63) is 48.0 Å². The molecule has 1 heterocycles. The van der Waals surface area contributed by atoms with Gasteiger partial charge in [-0.05, 0) is 42.7 Å². The number of para-hydroxylation sites is 2. The molecule has 3 rings (SSSR count). The molecule has 0 saturated carbocycles. The molecule has 1 aromatic heterocycles. The van der Waals surface area contributed by atoms with Crippen molar-refractivity contribution in [2.75, 3.05) is 0 Å². The second kappa shape index (κ2) is 5.95. The molecule has 0 radical (unpaired) electrons. The summed E-state index contributed by atoms with van der Waals surface area (Å²) in [6.45, 7) is 2.21. The van der Waals surface area contributed by atoms with Gasteiger partial charge in [-0.2, -0.15) is 0 Å². The fourth-order valence-electron chi connectivity index (χ4n) is 2.44. The molecule has 0 unspecified atom stereocenters. The van der Waals surface area contributed by atoms with Gasteiger partial charge >= 0.3 is 0 Å². The SMILES string of the molecule is CCCCCc1ccc2nn(-c3ccccc3O)nc2c1. The Kier molecular flexibility index (Phi) is 3.86. The molecule has 3 aromatic rings.